The Morgan fingerprint density at radius 3 is 2.84 bits per heavy atom. The van der Waals surface area contributed by atoms with Crippen LogP contribution in [0.1, 0.15) is 56.2 Å². The third kappa shape index (κ3) is 2.05. The van der Waals surface area contributed by atoms with E-state index in [0.717, 1.165) is 18.8 Å². The van der Waals surface area contributed by atoms with Crippen LogP contribution in [0.4, 0.5) is 0 Å². The van der Waals surface area contributed by atoms with Gasteiger partial charge in [-0.25, -0.2) is 0 Å². The third-order valence-corrected chi connectivity index (χ3v) is 5.14. The summed E-state index contributed by atoms with van der Waals surface area (Å²) in [5, 5.41) is 0. The van der Waals surface area contributed by atoms with E-state index in [1.807, 2.05) is 0 Å². The fraction of sp³-hybridized carbons (Fsp3) is 0.625. The van der Waals surface area contributed by atoms with E-state index in [0.29, 0.717) is 5.41 Å². The molecule has 0 bridgehead atoms. The maximum atomic E-state index is 5.93. The minimum Gasteiger partial charge on any atom is -0.493 e. The van der Waals surface area contributed by atoms with Crippen molar-refractivity contribution in [2.24, 2.45) is 11.3 Å². The van der Waals surface area contributed by atoms with Gasteiger partial charge in [0.15, 0.2) is 0 Å². The number of hydrogen-bond donors (Lipinski definition) is 2. The molecule has 19 heavy (non-hydrogen) atoms. The second kappa shape index (κ2) is 5.14. The molecule has 1 aliphatic carbocycles. The van der Waals surface area contributed by atoms with Crippen molar-refractivity contribution in [3.05, 3.63) is 29.3 Å². The summed E-state index contributed by atoms with van der Waals surface area (Å²) >= 11 is 0. The summed E-state index contributed by atoms with van der Waals surface area (Å²) in [5.41, 5.74) is 6.00. The Labute approximate surface area is 115 Å². The average molecular weight is 260 g/mol. The number of ether oxygens (including phenoxy) is 1. The maximum absolute atomic E-state index is 5.93. The van der Waals surface area contributed by atoms with Gasteiger partial charge in [0.25, 0.3) is 0 Å². The molecule has 3 N–H and O–H groups in total. The zero-order chi connectivity index (χ0) is 13.3. The summed E-state index contributed by atoms with van der Waals surface area (Å²) < 4.78 is 5.87. The third-order valence-electron chi connectivity index (χ3n) is 5.14. The van der Waals surface area contributed by atoms with Crippen molar-refractivity contribution < 1.29 is 4.74 Å². The molecule has 0 spiro atoms. The monoisotopic (exact) mass is 260 g/mol. The molecule has 1 aliphatic heterocycles. The van der Waals surface area contributed by atoms with E-state index in [9.17, 15) is 0 Å². The fourth-order valence-electron chi connectivity index (χ4n) is 3.99. The average Bonchev–Trinajstić information content (AvgIpc) is 3.09. The van der Waals surface area contributed by atoms with Crippen LogP contribution in [-0.2, 0) is 6.42 Å². The van der Waals surface area contributed by atoms with Crippen molar-refractivity contribution in [2.45, 2.75) is 51.5 Å². The van der Waals surface area contributed by atoms with Crippen LogP contribution in [0.25, 0.3) is 0 Å². The minimum absolute atomic E-state index is 0.216. The predicted molar refractivity (Wildman–Crippen MR) is 76.9 cm³/mol. The van der Waals surface area contributed by atoms with Gasteiger partial charge >= 0.3 is 0 Å². The summed E-state index contributed by atoms with van der Waals surface area (Å²) in [5.74, 6) is 7.02. The lowest BCUT2D eigenvalue weighted by atomic mass is 9.73. The number of hydrogen-bond acceptors (Lipinski definition) is 3. The number of benzene rings is 1. The first-order valence-corrected chi connectivity index (χ1v) is 7.51. The molecule has 1 aromatic rings. The van der Waals surface area contributed by atoms with Crippen LogP contribution in [0.5, 0.6) is 5.75 Å². The summed E-state index contributed by atoms with van der Waals surface area (Å²) in [7, 11) is 0. The molecule has 0 radical (unpaired) electrons. The lowest BCUT2D eigenvalue weighted by Crippen LogP contribution is -2.40. The first-order valence-electron chi connectivity index (χ1n) is 7.51. The van der Waals surface area contributed by atoms with Gasteiger partial charge in [0, 0.05) is 12.0 Å². The first kappa shape index (κ1) is 12.9. The molecule has 1 unspecified atom stereocenters. The molecule has 1 aromatic carbocycles. The molecular weight excluding hydrogens is 236 g/mol. The smallest absolute Gasteiger partial charge is 0.127 e. The molecular formula is C16H24N2O. The number of nitrogens with one attached hydrogen (secondary N) is 1. The van der Waals surface area contributed by atoms with Crippen molar-refractivity contribution >= 4 is 0 Å². The van der Waals surface area contributed by atoms with Gasteiger partial charge in [-0.1, -0.05) is 38.0 Å². The molecule has 3 rings (SSSR count). The molecule has 1 heterocycles. The number of rotatable bonds is 4. The lowest BCUT2D eigenvalue weighted by Gasteiger charge is -2.37. The van der Waals surface area contributed by atoms with Gasteiger partial charge in [-0.05, 0) is 30.2 Å². The zero-order valence-electron chi connectivity index (χ0n) is 11.7. The van der Waals surface area contributed by atoms with Gasteiger partial charge in [0.1, 0.15) is 5.75 Å². The molecule has 104 valence electrons. The number of fused-ring (bicyclic) bond motifs is 1. The molecule has 0 amide bonds. The highest BCUT2D eigenvalue weighted by atomic mass is 16.5. The predicted octanol–water partition coefficient (Wildman–Crippen LogP) is 3.10. The highest BCUT2D eigenvalue weighted by molar-refractivity contribution is 5.46. The van der Waals surface area contributed by atoms with Crippen LogP contribution in [0.15, 0.2) is 18.2 Å². The van der Waals surface area contributed by atoms with Crippen LogP contribution in [0, 0.1) is 5.41 Å². The van der Waals surface area contributed by atoms with E-state index in [2.05, 4.69) is 30.5 Å². The summed E-state index contributed by atoms with van der Waals surface area (Å²) in [4.78, 5) is 0. The van der Waals surface area contributed by atoms with Crippen molar-refractivity contribution in [2.75, 3.05) is 6.61 Å². The molecule has 1 saturated carbocycles. The van der Waals surface area contributed by atoms with E-state index >= 15 is 0 Å². The van der Waals surface area contributed by atoms with E-state index in [-0.39, 0.29) is 6.04 Å². The van der Waals surface area contributed by atoms with Gasteiger partial charge in [-0.15, -0.1) is 0 Å². The SMILES string of the molecule is CCC1(C(NN)c2cccc3c2OCC3)CCCC1. The standard InChI is InChI=1S/C16H24N2O/c1-2-16(9-3-4-10-16)15(18-17)13-7-5-6-12-8-11-19-14(12)13/h5-7,15,18H,2-4,8-11,17H2,1H3. The Morgan fingerprint density at radius 1 is 1.37 bits per heavy atom. The van der Waals surface area contributed by atoms with Gasteiger partial charge in [-0.2, -0.15) is 0 Å². The summed E-state index contributed by atoms with van der Waals surface area (Å²) in [6.45, 7) is 3.10. The van der Waals surface area contributed by atoms with Crippen molar-refractivity contribution in [3.63, 3.8) is 0 Å². The molecule has 1 atom stereocenters. The van der Waals surface area contributed by atoms with Crippen LogP contribution in [-0.4, -0.2) is 6.61 Å². The molecule has 3 heteroatoms. The topological polar surface area (TPSA) is 47.3 Å². The largest absolute Gasteiger partial charge is 0.493 e. The molecule has 2 aliphatic rings. The first-order chi connectivity index (χ1) is 9.30. The van der Waals surface area contributed by atoms with Crippen LogP contribution in [0.3, 0.4) is 0 Å². The van der Waals surface area contributed by atoms with Gasteiger partial charge < -0.3 is 4.74 Å². The van der Waals surface area contributed by atoms with Crippen LogP contribution in [0.2, 0.25) is 0 Å². The van der Waals surface area contributed by atoms with Crippen LogP contribution < -0.4 is 16.0 Å². The van der Waals surface area contributed by atoms with Crippen molar-refractivity contribution in [1.82, 2.24) is 5.43 Å². The fourth-order valence-corrected chi connectivity index (χ4v) is 3.99. The quantitative estimate of drug-likeness (QED) is 0.646. The minimum atomic E-state index is 0.216. The highest BCUT2D eigenvalue weighted by Crippen LogP contribution is 2.52. The Balaban J connectivity index is 2.01. The van der Waals surface area contributed by atoms with Gasteiger partial charge in [0.05, 0.1) is 12.6 Å². The van der Waals surface area contributed by atoms with Gasteiger partial charge in [-0.3, -0.25) is 11.3 Å². The maximum Gasteiger partial charge on any atom is 0.127 e. The Morgan fingerprint density at radius 2 is 2.16 bits per heavy atom. The van der Waals surface area contributed by atoms with E-state index in [1.54, 1.807) is 0 Å². The van der Waals surface area contributed by atoms with E-state index in [4.69, 9.17) is 10.6 Å². The second-order valence-electron chi connectivity index (χ2n) is 5.96. The number of para-hydroxylation sites is 1. The van der Waals surface area contributed by atoms with Gasteiger partial charge in [0.2, 0.25) is 0 Å². The van der Waals surface area contributed by atoms with Crippen molar-refractivity contribution in [3.8, 4) is 5.75 Å². The molecule has 3 nitrogen and oxygen atoms in total. The number of nitrogens with two attached hydrogens (primary N) is 1. The molecule has 1 fully saturated rings. The van der Waals surface area contributed by atoms with Crippen molar-refractivity contribution in [1.29, 1.82) is 0 Å². The summed E-state index contributed by atoms with van der Waals surface area (Å²) in [6, 6.07) is 6.72. The van der Waals surface area contributed by atoms with E-state index in [1.165, 1.54) is 43.2 Å². The Hall–Kier alpha value is -1.06. The lowest BCUT2D eigenvalue weighted by molar-refractivity contribution is 0.184. The Bertz CT molecular complexity index is 452. The molecule has 0 aromatic heterocycles. The number of hydrazine groups is 1. The molecule has 0 saturated heterocycles. The summed E-state index contributed by atoms with van der Waals surface area (Å²) in [6.07, 6.45) is 7.37. The normalized spacial score (nSPS) is 22.0. The van der Waals surface area contributed by atoms with E-state index < -0.39 is 0 Å². The zero-order valence-corrected chi connectivity index (χ0v) is 11.7. The Kier molecular flexibility index (Phi) is 3.50. The van der Waals surface area contributed by atoms with Crippen LogP contribution >= 0.6 is 0 Å². The highest BCUT2D eigenvalue weighted by Gasteiger charge is 2.41. The second-order valence-corrected chi connectivity index (χ2v) is 5.96.